The van der Waals surface area contributed by atoms with Crippen molar-refractivity contribution in [3.8, 4) is 0 Å². The second-order valence-corrected chi connectivity index (χ2v) is 12.7. The molecule has 0 saturated heterocycles. The van der Waals surface area contributed by atoms with Crippen LogP contribution in [0.25, 0.3) is 0 Å². The van der Waals surface area contributed by atoms with E-state index in [2.05, 4.69) is 25.5 Å². The van der Waals surface area contributed by atoms with Crippen LogP contribution < -0.4 is 0 Å². The number of ketones is 3. The first-order valence-corrected chi connectivity index (χ1v) is 13.6. The first-order chi connectivity index (χ1) is 16.4. The monoisotopic (exact) mass is 486 g/mol. The normalized spacial score (nSPS) is 43.3. The van der Waals surface area contributed by atoms with E-state index in [0.29, 0.717) is 24.5 Å². The molecule has 6 heteroatoms. The zero-order valence-corrected chi connectivity index (χ0v) is 22.0. The van der Waals surface area contributed by atoms with Crippen LogP contribution in [0.5, 0.6) is 0 Å². The first-order valence-electron chi connectivity index (χ1n) is 13.6. The van der Waals surface area contributed by atoms with Crippen molar-refractivity contribution >= 4 is 29.8 Å². The molecule has 0 heterocycles. The van der Waals surface area contributed by atoms with Gasteiger partial charge in [-0.05, 0) is 99.7 Å². The lowest BCUT2D eigenvalue weighted by Gasteiger charge is -2.62. The molecule has 4 aliphatic carbocycles. The minimum absolute atomic E-state index is 0.00183. The van der Waals surface area contributed by atoms with Gasteiger partial charge in [0.1, 0.15) is 17.3 Å². The molecule has 10 atom stereocenters. The number of carbonyl (C=O) groups excluding carboxylic acids is 5. The van der Waals surface area contributed by atoms with Crippen molar-refractivity contribution in [2.45, 2.75) is 92.4 Å². The lowest BCUT2D eigenvalue weighted by Crippen LogP contribution is -2.60. The van der Waals surface area contributed by atoms with Crippen molar-refractivity contribution in [2.75, 3.05) is 0 Å². The number of hydrogen-bond donors (Lipinski definition) is 0. The van der Waals surface area contributed by atoms with Crippen LogP contribution in [0.4, 0.5) is 0 Å². The number of rotatable bonds is 7. The molecule has 4 saturated carbocycles. The van der Waals surface area contributed by atoms with Gasteiger partial charge in [-0.2, -0.15) is 0 Å². The Morgan fingerprint density at radius 1 is 1.06 bits per heavy atom. The molecule has 0 amide bonds. The molecule has 0 radical (unpaired) electrons. The lowest BCUT2D eigenvalue weighted by atomic mass is 9.41. The average molecular weight is 487 g/mol. The first kappa shape index (κ1) is 26.2. The van der Waals surface area contributed by atoms with Crippen LogP contribution >= 0.6 is 0 Å². The standard InChI is InChI=1S/C29H42O6/c1-16(6-9-26(34)35-15-30)22-7-8-23-27-21(18(3)32)13-20-12-19(17(2)31)10-11-28(20,4)24(27)14-25(33)29(22,23)5/h15-16,19-24,27H,6-14H2,1-5H3/t16-,19-,20+,21+,22-,23+,24+,27+,28+,29-/m1/s1. The Bertz CT molecular complexity index is 909. The third kappa shape index (κ3) is 4.23. The van der Waals surface area contributed by atoms with Crippen molar-refractivity contribution in [2.24, 2.45) is 58.2 Å². The molecule has 0 aromatic rings. The van der Waals surface area contributed by atoms with E-state index in [-0.39, 0.29) is 71.3 Å². The molecule has 35 heavy (non-hydrogen) atoms. The van der Waals surface area contributed by atoms with Gasteiger partial charge in [0.15, 0.2) is 0 Å². The largest absolute Gasteiger partial charge is 0.395 e. The van der Waals surface area contributed by atoms with Gasteiger partial charge in [-0.15, -0.1) is 0 Å². The lowest BCUT2D eigenvalue weighted by molar-refractivity contribution is -0.172. The Labute approximate surface area is 209 Å². The van der Waals surface area contributed by atoms with E-state index in [0.717, 1.165) is 38.5 Å². The molecule has 0 bridgehead atoms. The fourth-order valence-electron chi connectivity index (χ4n) is 9.39. The van der Waals surface area contributed by atoms with Gasteiger partial charge < -0.3 is 4.74 Å². The van der Waals surface area contributed by atoms with Gasteiger partial charge in [0.25, 0.3) is 0 Å². The Hall–Kier alpha value is -1.85. The van der Waals surface area contributed by atoms with Crippen LogP contribution in [0.1, 0.15) is 92.4 Å². The third-order valence-electron chi connectivity index (χ3n) is 11.4. The minimum Gasteiger partial charge on any atom is -0.395 e. The molecule has 0 N–H and O–H groups in total. The maximum absolute atomic E-state index is 14.0. The van der Waals surface area contributed by atoms with Crippen molar-refractivity contribution in [3.63, 3.8) is 0 Å². The second-order valence-electron chi connectivity index (χ2n) is 12.7. The van der Waals surface area contributed by atoms with Gasteiger partial charge in [0.05, 0.1) is 0 Å². The molecule has 194 valence electrons. The SMILES string of the molecule is CC(=O)[C@@H]1CC[C@@]2(C)[C@@H](C1)C[C@@H](C(C)=O)[C@@H]1[C@@H]2CC(=O)[C@]2(C)[C@@H]([C@H](C)CCC(=O)OC=O)CC[C@@H]12. The van der Waals surface area contributed by atoms with Gasteiger partial charge in [0, 0.05) is 30.1 Å². The van der Waals surface area contributed by atoms with Crippen LogP contribution in [0.3, 0.4) is 0 Å². The molecular weight excluding hydrogens is 444 g/mol. The molecular formula is C29H42O6. The summed E-state index contributed by atoms with van der Waals surface area (Å²) in [6.45, 7) is 10.2. The molecule has 4 aliphatic rings. The summed E-state index contributed by atoms with van der Waals surface area (Å²) in [5, 5.41) is 0. The van der Waals surface area contributed by atoms with Crippen molar-refractivity contribution < 1.29 is 28.7 Å². The van der Waals surface area contributed by atoms with Crippen LogP contribution in [-0.2, 0) is 28.7 Å². The summed E-state index contributed by atoms with van der Waals surface area (Å²) in [6, 6.07) is 0. The molecule has 0 aromatic heterocycles. The van der Waals surface area contributed by atoms with Gasteiger partial charge in [-0.25, -0.2) is 0 Å². The minimum atomic E-state index is -0.523. The summed E-state index contributed by atoms with van der Waals surface area (Å²) in [7, 11) is 0. The number of hydrogen-bond acceptors (Lipinski definition) is 6. The highest BCUT2D eigenvalue weighted by molar-refractivity contribution is 5.88. The van der Waals surface area contributed by atoms with Crippen LogP contribution in [-0.4, -0.2) is 29.8 Å². The summed E-state index contributed by atoms with van der Waals surface area (Å²) in [4.78, 5) is 61.4. The highest BCUT2D eigenvalue weighted by Gasteiger charge is 2.66. The highest BCUT2D eigenvalue weighted by Crippen LogP contribution is 2.69. The van der Waals surface area contributed by atoms with E-state index in [1.54, 1.807) is 13.8 Å². The Morgan fingerprint density at radius 2 is 1.77 bits per heavy atom. The number of carbonyl (C=O) groups is 5. The second kappa shape index (κ2) is 9.55. The predicted octanol–water partition coefficient (Wildman–Crippen LogP) is 4.96. The van der Waals surface area contributed by atoms with Gasteiger partial charge in [-0.1, -0.05) is 20.8 Å². The number of ether oxygens (including phenoxy) is 1. The van der Waals surface area contributed by atoms with E-state index in [4.69, 9.17) is 0 Å². The van der Waals surface area contributed by atoms with Gasteiger partial charge in [0.2, 0.25) is 0 Å². The fourth-order valence-corrected chi connectivity index (χ4v) is 9.39. The Kier molecular flexibility index (Phi) is 7.16. The molecule has 4 fully saturated rings. The third-order valence-corrected chi connectivity index (χ3v) is 11.4. The summed E-state index contributed by atoms with van der Waals surface area (Å²) in [5.41, 5.74) is -0.482. The maximum Gasteiger partial charge on any atom is 0.313 e. The van der Waals surface area contributed by atoms with Crippen molar-refractivity contribution in [1.29, 1.82) is 0 Å². The van der Waals surface area contributed by atoms with Gasteiger partial charge >= 0.3 is 12.4 Å². The molecule has 4 rings (SSSR count). The molecule has 0 aliphatic heterocycles. The smallest absolute Gasteiger partial charge is 0.313 e. The van der Waals surface area contributed by atoms with Crippen LogP contribution in [0.15, 0.2) is 0 Å². The summed E-state index contributed by atoms with van der Waals surface area (Å²) >= 11 is 0. The predicted molar refractivity (Wildman–Crippen MR) is 130 cm³/mol. The van der Waals surface area contributed by atoms with E-state index in [1.807, 2.05) is 0 Å². The number of Topliss-reactive ketones (excluding diaryl/α,β-unsaturated/α-hetero) is 3. The molecule has 0 spiro atoms. The topological polar surface area (TPSA) is 94.6 Å². The number of esters is 1. The Morgan fingerprint density at radius 3 is 2.40 bits per heavy atom. The molecule has 0 unspecified atom stereocenters. The quantitative estimate of drug-likeness (QED) is 0.287. The van der Waals surface area contributed by atoms with Gasteiger partial charge in [-0.3, -0.25) is 24.0 Å². The average Bonchev–Trinajstić information content (AvgIpc) is 3.16. The van der Waals surface area contributed by atoms with Crippen LogP contribution in [0.2, 0.25) is 0 Å². The van der Waals surface area contributed by atoms with E-state index in [9.17, 15) is 24.0 Å². The zero-order chi connectivity index (χ0) is 25.7. The molecule has 0 aromatic carbocycles. The van der Waals surface area contributed by atoms with Crippen molar-refractivity contribution in [1.82, 2.24) is 0 Å². The van der Waals surface area contributed by atoms with E-state index in [1.165, 1.54) is 0 Å². The summed E-state index contributed by atoms with van der Waals surface area (Å²) < 4.78 is 4.46. The highest BCUT2D eigenvalue weighted by atomic mass is 16.6. The van der Waals surface area contributed by atoms with Crippen LogP contribution in [0, 0.1) is 58.2 Å². The Balaban J connectivity index is 1.62. The molecule has 6 nitrogen and oxygen atoms in total. The zero-order valence-electron chi connectivity index (χ0n) is 22.0. The van der Waals surface area contributed by atoms with Crippen molar-refractivity contribution in [3.05, 3.63) is 0 Å². The fraction of sp³-hybridized carbons (Fsp3) is 0.828. The van der Waals surface area contributed by atoms with E-state index >= 15 is 0 Å². The summed E-state index contributed by atoms with van der Waals surface area (Å²) in [5.74, 6) is 1.56. The summed E-state index contributed by atoms with van der Waals surface area (Å²) in [6.07, 6.45) is 6.70. The number of fused-ring (bicyclic) bond motifs is 5. The maximum atomic E-state index is 14.0. The van der Waals surface area contributed by atoms with E-state index < -0.39 is 11.4 Å².